The molecule has 0 aliphatic carbocycles. The van der Waals surface area contributed by atoms with Crippen LogP contribution in [0.25, 0.3) is 0 Å². The number of rotatable bonds is 6. The van der Waals surface area contributed by atoms with Crippen molar-refractivity contribution in [3.05, 3.63) is 59.7 Å². The summed E-state index contributed by atoms with van der Waals surface area (Å²) >= 11 is 0. The molecule has 0 aromatic heterocycles. The van der Waals surface area contributed by atoms with Crippen LogP contribution in [0.2, 0.25) is 0 Å². The lowest BCUT2D eigenvalue weighted by Crippen LogP contribution is -2.21. The average Bonchev–Trinajstić information content (AvgIpc) is 2.60. The molecule has 2 aromatic rings. The van der Waals surface area contributed by atoms with Gasteiger partial charge in [0.15, 0.2) is 0 Å². The zero-order chi connectivity index (χ0) is 16.7. The Morgan fingerprint density at radius 2 is 1.57 bits per heavy atom. The number of aryl methyl sites for hydroxylation is 1. The maximum absolute atomic E-state index is 11.9. The number of methoxy groups -OCH3 is 1. The number of carbonyl (C=O) groups is 2. The molecular formula is C18H20N2O3. The highest BCUT2D eigenvalue weighted by atomic mass is 16.5. The minimum Gasteiger partial charge on any atom is -0.465 e. The van der Waals surface area contributed by atoms with E-state index in [2.05, 4.69) is 22.3 Å². The smallest absolute Gasteiger partial charge is 0.337 e. The van der Waals surface area contributed by atoms with Crippen molar-refractivity contribution in [2.45, 2.75) is 13.3 Å². The molecule has 0 fully saturated rings. The molecule has 0 aliphatic rings. The minimum absolute atomic E-state index is 0.157. The zero-order valence-electron chi connectivity index (χ0n) is 13.3. The van der Waals surface area contributed by atoms with E-state index in [1.807, 2.05) is 24.3 Å². The van der Waals surface area contributed by atoms with Crippen molar-refractivity contribution in [1.82, 2.24) is 0 Å². The van der Waals surface area contributed by atoms with Crippen molar-refractivity contribution >= 4 is 23.3 Å². The molecule has 0 saturated carbocycles. The Labute approximate surface area is 135 Å². The third-order valence-electron chi connectivity index (χ3n) is 3.41. The summed E-state index contributed by atoms with van der Waals surface area (Å²) < 4.78 is 4.62. The zero-order valence-corrected chi connectivity index (χ0v) is 13.3. The fourth-order valence-corrected chi connectivity index (χ4v) is 2.05. The molecule has 0 radical (unpaired) electrons. The van der Waals surface area contributed by atoms with Crippen LogP contribution in [0.1, 0.15) is 22.8 Å². The van der Waals surface area contributed by atoms with Gasteiger partial charge in [0.1, 0.15) is 0 Å². The van der Waals surface area contributed by atoms with E-state index in [-0.39, 0.29) is 12.5 Å². The topological polar surface area (TPSA) is 67.4 Å². The number of hydrogen-bond donors (Lipinski definition) is 2. The molecule has 0 unspecified atom stereocenters. The van der Waals surface area contributed by atoms with Gasteiger partial charge in [0.25, 0.3) is 0 Å². The van der Waals surface area contributed by atoms with Crippen LogP contribution in [0.3, 0.4) is 0 Å². The third kappa shape index (κ3) is 4.85. The van der Waals surface area contributed by atoms with Crippen LogP contribution in [0.5, 0.6) is 0 Å². The van der Waals surface area contributed by atoms with Crippen LogP contribution < -0.4 is 10.6 Å². The average molecular weight is 312 g/mol. The lowest BCUT2D eigenvalue weighted by Gasteiger charge is -2.09. The van der Waals surface area contributed by atoms with Crippen LogP contribution in [0.15, 0.2) is 48.5 Å². The van der Waals surface area contributed by atoms with E-state index in [9.17, 15) is 9.59 Å². The predicted octanol–water partition coefficient (Wildman–Crippen LogP) is 3.09. The van der Waals surface area contributed by atoms with Gasteiger partial charge in [0.05, 0.1) is 19.2 Å². The van der Waals surface area contributed by atoms with Gasteiger partial charge in [-0.3, -0.25) is 4.79 Å². The second kappa shape index (κ2) is 7.98. The van der Waals surface area contributed by atoms with Crippen LogP contribution in [0, 0.1) is 0 Å². The Balaban J connectivity index is 1.85. The van der Waals surface area contributed by atoms with Crippen molar-refractivity contribution in [1.29, 1.82) is 0 Å². The lowest BCUT2D eigenvalue weighted by molar-refractivity contribution is -0.114. The van der Waals surface area contributed by atoms with Crippen LogP contribution >= 0.6 is 0 Å². The first-order valence-corrected chi connectivity index (χ1v) is 7.43. The molecule has 2 N–H and O–H groups in total. The van der Waals surface area contributed by atoms with Gasteiger partial charge in [0.2, 0.25) is 5.91 Å². The SMILES string of the molecule is CCc1ccc(NCC(=O)Nc2ccc(C(=O)OC)cc2)cc1. The van der Waals surface area contributed by atoms with Gasteiger partial charge in [-0.1, -0.05) is 19.1 Å². The number of nitrogens with one attached hydrogen (secondary N) is 2. The molecule has 0 saturated heterocycles. The van der Waals surface area contributed by atoms with Gasteiger partial charge in [-0.25, -0.2) is 4.79 Å². The molecule has 0 atom stereocenters. The molecule has 5 heteroatoms. The van der Waals surface area contributed by atoms with Gasteiger partial charge >= 0.3 is 5.97 Å². The summed E-state index contributed by atoms with van der Waals surface area (Å²) in [7, 11) is 1.33. The lowest BCUT2D eigenvalue weighted by atomic mass is 10.1. The fraction of sp³-hybridized carbons (Fsp3) is 0.222. The summed E-state index contributed by atoms with van der Waals surface area (Å²) in [5, 5.41) is 5.83. The second-order valence-corrected chi connectivity index (χ2v) is 5.02. The molecule has 2 rings (SSSR count). The largest absolute Gasteiger partial charge is 0.465 e. The molecule has 0 heterocycles. The maximum atomic E-state index is 11.9. The van der Waals surface area contributed by atoms with Crippen molar-refractivity contribution in [2.24, 2.45) is 0 Å². The molecule has 0 aliphatic heterocycles. The second-order valence-electron chi connectivity index (χ2n) is 5.02. The molecule has 0 spiro atoms. The molecule has 1 amide bonds. The molecule has 5 nitrogen and oxygen atoms in total. The monoisotopic (exact) mass is 312 g/mol. The standard InChI is InChI=1S/C18H20N2O3/c1-3-13-4-8-15(9-5-13)19-12-17(21)20-16-10-6-14(7-11-16)18(22)23-2/h4-11,19H,3,12H2,1-2H3,(H,20,21). The predicted molar refractivity (Wildman–Crippen MR) is 90.7 cm³/mol. The van der Waals surface area contributed by atoms with Gasteiger partial charge in [-0.15, -0.1) is 0 Å². The summed E-state index contributed by atoms with van der Waals surface area (Å²) in [6.45, 7) is 2.27. The number of hydrogen-bond acceptors (Lipinski definition) is 4. The maximum Gasteiger partial charge on any atom is 0.337 e. The van der Waals surface area contributed by atoms with Crippen molar-refractivity contribution in [2.75, 3.05) is 24.3 Å². The molecule has 120 valence electrons. The number of ether oxygens (including phenoxy) is 1. The summed E-state index contributed by atoms with van der Waals surface area (Å²) in [5.74, 6) is -0.560. The van der Waals surface area contributed by atoms with Gasteiger partial charge in [-0.2, -0.15) is 0 Å². The highest BCUT2D eigenvalue weighted by molar-refractivity contribution is 5.95. The van der Waals surface area contributed by atoms with E-state index in [1.54, 1.807) is 24.3 Å². The van der Waals surface area contributed by atoms with Crippen molar-refractivity contribution < 1.29 is 14.3 Å². The highest BCUT2D eigenvalue weighted by Gasteiger charge is 2.06. The Bertz CT molecular complexity index is 664. The number of esters is 1. The molecular weight excluding hydrogens is 292 g/mol. The first-order chi connectivity index (χ1) is 11.1. The van der Waals surface area contributed by atoms with E-state index in [0.29, 0.717) is 11.3 Å². The van der Waals surface area contributed by atoms with E-state index in [4.69, 9.17) is 0 Å². The van der Waals surface area contributed by atoms with Crippen molar-refractivity contribution in [3.63, 3.8) is 0 Å². The number of amides is 1. The summed E-state index contributed by atoms with van der Waals surface area (Å²) in [6, 6.07) is 14.5. The fourth-order valence-electron chi connectivity index (χ4n) is 2.05. The third-order valence-corrected chi connectivity index (χ3v) is 3.41. The quantitative estimate of drug-likeness (QED) is 0.804. The van der Waals surface area contributed by atoms with Crippen LogP contribution in [-0.4, -0.2) is 25.5 Å². The van der Waals surface area contributed by atoms with Crippen molar-refractivity contribution in [3.8, 4) is 0 Å². The van der Waals surface area contributed by atoms with Gasteiger partial charge in [0, 0.05) is 11.4 Å². The van der Waals surface area contributed by atoms with Crippen LogP contribution in [-0.2, 0) is 16.0 Å². The highest BCUT2D eigenvalue weighted by Crippen LogP contribution is 2.12. The number of carbonyl (C=O) groups excluding carboxylic acids is 2. The molecule has 0 bridgehead atoms. The van der Waals surface area contributed by atoms with E-state index < -0.39 is 5.97 Å². The summed E-state index contributed by atoms with van der Waals surface area (Å²) in [6.07, 6.45) is 0.988. The van der Waals surface area contributed by atoms with E-state index in [0.717, 1.165) is 12.1 Å². The molecule has 23 heavy (non-hydrogen) atoms. The Kier molecular flexibility index (Phi) is 5.74. The summed E-state index contributed by atoms with van der Waals surface area (Å²) in [5.41, 5.74) is 3.23. The first-order valence-electron chi connectivity index (χ1n) is 7.43. The number of benzene rings is 2. The Morgan fingerprint density at radius 3 is 2.13 bits per heavy atom. The van der Waals surface area contributed by atoms with E-state index >= 15 is 0 Å². The Hall–Kier alpha value is -2.82. The van der Waals surface area contributed by atoms with Gasteiger partial charge < -0.3 is 15.4 Å². The first kappa shape index (κ1) is 16.5. The summed E-state index contributed by atoms with van der Waals surface area (Å²) in [4.78, 5) is 23.3. The number of anilines is 2. The van der Waals surface area contributed by atoms with Crippen LogP contribution in [0.4, 0.5) is 11.4 Å². The Morgan fingerprint density at radius 1 is 0.957 bits per heavy atom. The minimum atomic E-state index is -0.403. The van der Waals surface area contributed by atoms with Gasteiger partial charge in [-0.05, 0) is 48.4 Å². The normalized spacial score (nSPS) is 10.0. The molecule has 2 aromatic carbocycles. The van der Waals surface area contributed by atoms with E-state index in [1.165, 1.54) is 12.7 Å².